The number of hydrogen-bond donors (Lipinski definition) is 0. The molecule has 0 amide bonds. The molecule has 0 saturated heterocycles. The minimum atomic E-state index is -1.88. The van der Waals surface area contributed by atoms with Crippen LogP contribution in [0.1, 0.15) is 0 Å². The van der Waals surface area contributed by atoms with Gasteiger partial charge in [0.1, 0.15) is 0 Å². The molecule has 0 aromatic heterocycles. The van der Waals surface area contributed by atoms with Crippen molar-refractivity contribution in [2.24, 2.45) is 0 Å². The summed E-state index contributed by atoms with van der Waals surface area (Å²) in [7, 11) is 0. The first-order valence-electron chi connectivity index (χ1n) is 3.49. The molecule has 0 aliphatic heterocycles. The molecule has 80 valence electrons. The van der Waals surface area contributed by atoms with E-state index in [2.05, 4.69) is 3.82 Å². The van der Waals surface area contributed by atoms with Crippen molar-refractivity contribution >= 4 is 26.6 Å². The summed E-state index contributed by atoms with van der Waals surface area (Å²) < 4.78 is 14.7. The first kappa shape index (κ1) is 11.2. The van der Waals surface area contributed by atoms with E-state index in [1.54, 1.807) is 0 Å². The third-order valence-corrected chi connectivity index (χ3v) is 2.03. The number of hydrogen-bond acceptors (Lipinski definition) is 6. The fourth-order valence-electron chi connectivity index (χ4n) is 0.931. The standard InChI is InChI=1S/C6H4N2O6Se/c9-7(10)4-2-1-3-5(8(11)12)6(4)14-15-13/h1-3,15H. The van der Waals surface area contributed by atoms with Gasteiger partial charge >= 0.3 is 88.3 Å². The van der Waals surface area contributed by atoms with Crippen molar-refractivity contribution in [1.29, 1.82) is 0 Å². The van der Waals surface area contributed by atoms with E-state index in [1.807, 2.05) is 0 Å². The monoisotopic (exact) mass is 280 g/mol. The zero-order chi connectivity index (χ0) is 11.4. The molecule has 0 aliphatic carbocycles. The molecule has 15 heavy (non-hydrogen) atoms. The van der Waals surface area contributed by atoms with Gasteiger partial charge in [-0.05, 0) is 0 Å². The van der Waals surface area contributed by atoms with Gasteiger partial charge < -0.3 is 0 Å². The third-order valence-electron chi connectivity index (χ3n) is 1.50. The number of benzene rings is 1. The Bertz CT molecular complexity index is 401. The number of rotatable bonds is 4. The molecule has 1 aromatic carbocycles. The molecule has 0 atom stereocenters. The minimum absolute atomic E-state index is 0.567. The Hall–Kier alpha value is -1.86. The fraction of sp³-hybridized carbons (Fsp3) is 0. The van der Waals surface area contributed by atoms with E-state index in [-0.39, 0.29) is 0 Å². The quantitative estimate of drug-likeness (QED) is 0.452. The van der Waals surface area contributed by atoms with E-state index in [0.717, 1.165) is 18.2 Å². The summed E-state index contributed by atoms with van der Waals surface area (Å²) in [6, 6.07) is 3.24. The van der Waals surface area contributed by atoms with E-state index in [0.29, 0.717) is 0 Å². The van der Waals surface area contributed by atoms with Crippen LogP contribution in [0, 0.1) is 20.2 Å². The molecule has 0 radical (unpaired) electrons. The van der Waals surface area contributed by atoms with Gasteiger partial charge in [0.2, 0.25) is 0 Å². The number of nitrogens with zero attached hydrogens (tertiary/aromatic N) is 2. The molecule has 0 fully saturated rings. The van der Waals surface area contributed by atoms with Crippen molar-refractivity contribution in [2.75, 3.05) is 0 Å². The maximum absolute atomic E-state index is 10.5. The Kier molecular flexibility index (Phi) is 3.42. The van der Waals surface area contributed by atoms with Crippen molar-refractivity contribution in [1.82, 2.24) is 0 Å². The van der Waals surface area contributed by atoms with Crippen molar-refractivity contribution in [2.45, 2.75) is 0 Å². The van der Waals surface area contributed by atoms with Gasteiger partial charge in [0.25, 0.3) is 0 Å². The summed E-state index contributed by atoms with van der Waals surface area (Å²) in [5.41, 5.74) is -1.15. The molecular weight excluding hydrogens is 275 g/mol. The van der Waals surface area contributed by atoms with Gasteiger partial charge in [-0.25, -0.2) is 0 Å². The van der Waals surface area contributed by atoms with Gasteiger partial charge in [-0.15, -0.1) is 0 Å². The molecule has 0 heterocycles. The van der Waals surface area contributed by atoms with Crippen LogP contribution in [0.15, 0.2) is 18.2 Å². The van der Waals surface area contributed by atoms with Crippen LogP contribution in [0.3, 0.4) is 0 Å². The predicted octanol–water partition coefficient (Wildman–Crippen LogP) is 0.579. The summed E-state index contributed by atoms with van der Waals surface area (Å²) >= 11 is -1.88. The molecule has 0 aliphatic rings. The van der Waals surface area contributed by atoms with Crippen LogP contribution in [-0.2, 0) is 3.83 Å². The molecule has 0 bridgehead atoms. The Morgan fingerprint density at radius 3 is 1.93 bits per heavy atom. The van der Waals surface area contributed by atoms with Gasteiger partial charge in [-0.1, -0.05) is 0 Å². The average Bonchev–Trinajstić information content (AvgIpc) is 2.17. The van der Waals surface area contributed by atoms with E-state index >= 15 is 0 Å². The zero-order valence-corrected chi connectivity index (χ0v) is 8.90. The van der Waals surface area contributed by atoms with Crippen LogP contribution in [-0.4, -0.2) is 25.1 Å². The van der Waals surface area contributed by atoms with E-state index in [1.165, 1.54) is 0 Å². The molecule has 8 nitrogen and oxygen atoms in total. The number of nitro benzene ring substituents is 2. The van der Waals surface area contributed by atoms with Gasteiger partial charge in [0.05, 0.1) is 0 Å². The Balaban J connectivity index is 3.40. The van der Waals surface area contributed by atoms with Gasteiger partial charge in [-0.2, -0.15) is 0 Å². The van der Waals surface area contributed by atoms with Gasteiger partial charge in [0, 0.05) is 0 Å². The Morgan fingerprint density at radius 2 is 1.60 bits per heavy atom. The van der Waals surface area contributed by atoms with Crippen LogP contribution in [0.2, 0.25) is 0 Å². The second kappa shape index (κ2) is 4.58. The summed E-state index contributed by atoms with van der Waals surface area (Å²) in [5, 5.41) is 21.0. The Morgan fingerprint density at radius 1 is 1.13 bits per heavy atom. The number of nitro groups is 2. The Labute approximate surface area is 88.8 Å². The van der Waals surface area contributed by atoms with Crippen LogP contribution in [0.4, 0.5) is 11.4 Å². The molecule has 1 aromatic rings. The van der Waals surface area contributed by atoms with E-state index in [9.17, 15) is 24.1 Å². The van der Waals surface area contributed by atoms with Crippen LogP contribution >= 0.6 is 0 Å². The van der Waals surface area contributed by atoms with Gasteiger partial charge in [-0.3, -0.25) is 0 Å². The first-order chi connectivity index (χ1) is 7.07. The average molecular weight is 279 g/mol. The molecule has 0 N–H and O–H groups in total. The van der Waals surface area contributed by atoms with Crippen molar-refractivity contribution in [3.63, 3.8) is 0 Å². The summed E-state index contributed by atoms with van der Waals surface area (Å²) in [6.45, 7) is 0. The number of para-hydroxylation sites is 1. The fourth-order valence-corrected chi connectivity index (χ4v) is 1.48. The van der Waals surface area contributed by atoms with Crippen LogP contribution in [0.25, 0.3) is 0 Å². The normalized spacial score (nSPS) is 9.60. The molecule has 0 spiro atoms. The zero-order valence-electron chi connectivity index (χ0n) is 7.02. The summed E-state index contributed by atoms with van der Waals surface area (Å²) in [4.78, 5) is 19.3. The molecular formula is C6H4N2O6Se. The van der Waals surface area contributed by atoms with E-state index < -0.39 is 42.2 Å². The molecule has 1 rings (SSSR count). The van der Waals surface area contributed by atoms with E-state index in [4.69, 9.17) is 0 Å². The van der Waals surface area contributed by atoms with Crippen LogP contribution in [0.5, 0.6) is 5.75 Å². The van der Waals surface area contributed by atoms with Crippen molar-refractivity contribution < 1.29 is 17.5 Å². The second-order valence-electron chi connectivity index (χ2n) is 2.31. The predicted molar refractivity (Wildman–Crippen MR) is 48.2 cm³/mol. The van der Waals surface area contributed by atoms with Crippen molar-refractivity contribution in [3.8, 4) is 5.75 Å². The summed E-state index contributed by atoms with van der Waals surface area (Å²) in [6.07, 6.45) is 0. The van der Waals surface area contributed by atoms with Crippen LogP contribution < -0.4 is 3.82 Å². The maximum atomic E-state index is 10.5. The SMILES string of the molecule is O=[SeH]Oc1c([N+](=O)[O-])cccc1[N+](=O)[O-]. The second-order valence-corrected chi connectivity index (χ2v) is 3.00. The molecule has 9 heteroatoms. The van der Waals surface area contributed by atoms with Gasteiger partial charge in [0.15, 0.2) is 0 Å². The third kappa shape index (κ3) is 2.33. The topological polar surface area (TPSA) is 113 Å². The summed E-state index contributed by atoms with van der Waals surface area (Å²) in [5.74, 6) is -0.567. The molecule has 0 saturated carbocycles. The first-order valence-corrected chi connectivity index (χ1v) is 5.02. The molecule has 0 unspecified atom stereocenters. The van der Waals surface area contributed by atoms with Crippen molar-refractivity contribution in [3.05, 3.63) is 38.4 Å².